The number of unbranched alkanes of at least 4 members (excludes halogenated alkanes) is 2. The Kier molecular flexibility index (Phi) is 14.1. The van der Waals surface area contributed by atoms with E-state index in [4.69, 9.17) is 5.73 Å². The molecule has 1 aromatic carbocycles. The van der Waals surface area contributed by atoms with Crippen LogP contribution in [0.1, 0.15) is 128 Å². The summed E-state index contributed by atoms with van der Waals surface area (Å²) in [7, 11) is 0. The predicted molar refractivity (Wildman–Crippen MR) is 163 cm³/mol. The van der Waals surface area contributed by atoms with E-state index in [0.717, 1.165) is 57.3 Å². The number of nitrogens with two attached hydrogens (primary N) is 1. The lowest BCUT2D eigenvalue weighted by atomic mass is 9.60. The third-order valence-electron chi connectivity index (χ3n) is 10.1. The van der Waals surface area contributed by atoms with E-state index in [1.807, 2.05) is 0 Å². The maximum atomic E-state index is 12.6. The van der Waals surface area contributed by atoms with E-state index in [1.165, 1.54) is 69.8 Å². The van der Waals surface area contributed by atoms with Crippen LogP contribution in [0, 0.1) is 23.7 Å². The highest BCUT2D eigenvalue weighted by Crippen LogP contribution is 2.48. The minimum atomic E-state index is -0.878. The average molecular weight is 540 g/mol. The molecule has 220 valence electrons. The zero-order valence-corrected chi connectivity index (χ0v) is 24.7. The second kappa shape index (κ2) is 17.2. The summed E-state index contributed by atoms with van der Waals surface area (Å²) < 4.78 is 0. The van der Waals surface area contributed by atoms with Gasteiger partial charge in [0.15, 0.2) is 0 Å². The molecule has 0 amide bonds. The molecule has 39 heavy (non-hydrogen) atoms. The Bertz CT molecular complexity index is 824. The molecule has 2 aliphatic carbocycles. The summed E-state index contributed by atoms with van der Waals surface area (Å²) in [6.07, 6.45) is 25.3. The molecule has 0 aromatic heterocycles. The highest BCUT2D eigenvalue weighted by molar-refractivity contribution is 5.71. The lowest BCUT2D eigenvalue weighted by Gasteiger charge is -2.44. The Morgan fingerprint density at radius 2 is 1.64 bits per heavy atom. The van der Waals surface area contributed by atoms with Gasteiger partial charge in [-0.05, 0) is 93.6 Å². The average Bonchev–Trinajstić information content (AvgIpc) is 2.94. The Morgan fingerprint density at radius 1 is 0.974 bits per heavy atom. The fourth-order valence-electron chi connectivity index (χ4n) is 7.91. The van der Waals surface area contributed by atoms with Gasteiger partial charge in [-0.1, -0.05) is 107 Å². The molecule has 4 atom stereocenters. The largest absolute Gasteiger partial charge is 0.481 e. The number of hydrogen-bond donors (Lipinski definition) is 3. The van der Waals surface area contributed by atoms with Crippen molar-refractivity contribution in [3.63, 3.8) is 0 Å². The van der Waals surface area contributed by atoms with Crippen molar-refractivity contribution in [2.45, 2.75) is 134 Å². The number of aliphatic hydroxyl groups is 1. The molecule has 2 fully saturated rings. The van der Waals surface area contributed by atoms with E-state index in [0.29, 0.717) is 6.54 Å². The highest BCUT2D eigenvalue weighted by atomic mass is 16.4. The molecular formula is C35H57NO3. The molecule has 4 N–H and O–H groups in total. The molecule has 0 heterocycles. The topological polar surface area (TPSA) is 83.5 Å². The van der Waals surface area contributed by atoms with E-state index in [-0.39, 0.29) is 17.3 Å². The molecule has 4 heteroatoms. The second-order valence-electron chi connectivity index (χ2n) is 12.9. The molecule has 4 unspecified atom stereocenters. The summed E-state index contributed by atoms with van der Waals surface area (Å²) in [5.41, 5.74) is 7.45. The van der Waals surface area contributed by atoms with Crippen molar-refractivity contribution in [3.05, 3.63) is 48.0 Å². The number of aliphatic carboxylic acids is 1. The van der Waals surface area contributed by atoms with Crippen molar-refractivity contribution in [2.24, 2.45) is 29.4 Å². The van der Waals surface area contributed by atoms with Crippen LogP contribution in [-0.2, 0) is 10.2 Å². The minimum absolute atomic E-state index is 0.0132. The maximum absolute atomic E-state index is 12.6. The normalized spacial score (nSPS) is 21.4. The Balaban J connectivity index is 1.65. The summed E-state index contributed by atoms with van der Waals surface area (Å²) >= 11 is 0. The van der Waals surface area contributed by atoms with Crippen LogP contribution >= 0.6 is 0 Å². The Labute approximate surface area is 238 Å². The molecule has 4 nitrogen and oxygen atoms in total. The lowest BCUT2D eigenvalue weighted by molar-refractivity contribution is -0.150. The summed E-state index contributed by atoms with van der Waals surface area (Å²) in [5.74, 6) is -0.559. The first-order chi connectivity index (χ1) is 19.0. The number of hydrogen-bond acceptors (Lipinski definition) is 3. The van der Waals surface area contributed by atoms with E-state index in [1.54, 1.807) is 6.92 Å². The Morgan fingerprint density at radius 3 is 2.28 bits per heavy atom. The first-order valence-electron chi connectivity index (χ1n) is 16.3. The van der Waals surface area contributed by atoms with Crippen LogP contribution in [0.25, 0.3) is 0 Å². The van der Waals surface area contributed by atoms with E-state index in [9.17, 15) is 15.0 Å². The smallest absolute Gasteiger partial charge is 0.309 e. The number of carboxylic acids is 1. The molecule has 0 radical (unpaired) electrons. The molecule has 0 aliphatic heterocycles. The molecule has 2 aliphatic rings. The van der Waals surface area contributed by atoms with Gasteiger partial charge in [0.25, 0.3) is 0 Å². The van der Waals surface area contributed by atoms with Crippen LogP contribution in [0.15, 0.2) is 42.5 Å². The van der Waals surface area contributed by atoms with Crippen LogP contribution in [0.4, 0.5) is 0 Å². The second-order valence-corrected chi connectivity index (χ2v) is 12.9. The van der Waals surface area contributed by atoms with Crippen molar-refractivity contribution in [1.29, 1.82) is 0 Å². The number of rotatable bonds is 17. The highest BCUT2D eigenvalue weighted by Gasteiger charge is 2.44. The monoisotopic (exact) mass is 539 g/mol. The van der Waals surface area contributed by atoms with Gasteiger partial charge < -0.3 is 15.9 Å². The number of aliphatic hydroxyl groups excluding tert-OH is 1. The summed E-state index contributed by atoms with van der Waals surface area (Å²) in [4.78, 5) is 12.6. The molecule has 0 spiro atoms. The third-order valence-corrected chi connectivity index (χ3v) is 10.1. The number of carboxylic acid groups (broad SMARTS) is 1. The summed E-state index contributed by atoms with van der Waals surface area (Å²) in [6, 6.07) is 10.8. The fourth-order valence-corrected chi connectivity index (χ4v) is 7.91. The molecule has 0 saturated heterocycles. The standard InChI is InChI=1S/C35H57NO3/c1-28(37)33(34(38)39)32(27-35(24-15-8-16-25-35)31-21-13-7-14-22-31)30(23-26-36)20-12-5-3-2-4-9-17-29-18-10-6-11-19-29/h2,4,7,13-14,21-22,28-30,32-33,37H,3,5-6,8-12,15-20,23-27,36H2,1H3,(H,38,39). The quantitative estimate of drug-likeness (QED) is 0.137. The Hall–Kier alpha value is -1.65. The van der Waals surface area contributed by atoms with Crippen molar-refractivity contribution in [3.8, 4) is 0 Å². The summed E-state index contributed by atoms with van der Waals surface area (Å²) in [6.45, 7) is 2.23. The van der Waals surface area contributed by atoms with Crippen LogP contribution < -0.4 is 5.73 Å². The van der Waals surface area contributed by atoms with Gasteiger partial charge >= 0.3 is 5.97 Å². The van der Waals surface area contributed by atoms with Gasteiger partial charge in [-0.3, -0.25) is 4.79 Å². The maximum Gasteiger partial charge on any atom is 0.309 e. The van der Waals surface area contributed by atoms with Crippen LogP contribution in [0.2, 0.25) is 0 Å². The van der Waals surface area contributed by atoms with Gasteiger partial charge in [-0.25, -0.2) is 0 Å². The van der Waals surface area contributed by atoms with Crippen LogP contribution in [0.5, 0.6) is 0 Å². The molecule has 0 bridgehead atoms. The zero-order chi connectivity index (χ0) is 27.9. The number of carbonyl (C=O) groups is 1. The van der Waals surface area contributed by atoms with Gasteiger partial charge in [-0.2, -0.15) is 0 Å². The van der Waals surface area contributed by atoms with Crippen molar-refractivity contribution >= 4 is 5.97 Å². The molecule has 1 aromatic rings. The third kappa shape index (κ3) is 10.0. The van der Waals surface area contributed by atoms with E-state index >= 15 is 0 Å². The lowest BCUT2D eigenvalue weighted by Crippen LogP contribution is -2.42. The van der Waals surface area contributed by atoms with Gasteiger partial charge in [0.05, 0.1) is 12.0 Å². The van der Waals surface area contributed by atoms with Gasteiger partial charge in [0, 0.05) is 0 Å². The number of benzene rings is 1. The van der Waals surface area contributed by atoms with Crippen LogP contribution in [0.3, 0.4) is 0 Å². The van der Waals surface area contributed by atoms with Crippen LogP contribution in [-0.4, -0.2) is 28.8 Å². The van der Waals surface area contributed by atoms with E-state index < -0.39 is 18.0 Å². The number of allylic oxidation sites excluding steroid dienone is 2. The zero-order valence-electron chi connectivity index (χ0n) is 24.7. The minimum Gasteiger partial charge on any atom is -0.481 e. The fraction of sp³-hybridized carbons (Fsp3) is 0.743. The molecular weight excluding hydrogens is 482 g/mol. The van der Waals surface area contributed by atoms with Gasteiger partial charge in [-0.15, -0.1) is 0 Å². The molecule has 2 saturated carbocycles. The first-order valence-corrected chi connectivity index (χ1v) is 16.3. The van der Waals surface area contributed by atoms with Crippen molar-refractivity contribution in [1.82, 2.24) is 0 Å². The SMILES string of the molecule is CC(O)C(C(=O)O)C(CC1(c2ccccc2)CCCCC1)C(CCN)CCCCC=CCCC1CCCCC1. The molecule has 3 rings (SSSR count). The van der Waals surface area contributed by atoms with E-state index in [2.05, 4.69) is 42.5 Å². The van der Waals surface area contributed by atoms with Gasteiger partial charge in [0.2, 0.25) is 0 Å². The summed E-state index contributed by atoms with van der Waals surface area (Å²) in [5, 5.41) is 21.0. The van der Waals surface area contributed by atoms with Gasteiger partial charge in [0.1, 0.15) is 0 Å². The van der Waals surface area contributed by atoms with Crippen molar-refractivity contribution < 1.29 is 15.0 Å². The first kappa shape index (κ1) is 31.9. The predicted octanol–water partition coefficient (Wildman–Crippen LogP) is 8.42. The van der Waals surface area contributed by atoms with Crippen molar-refractivity contribution in [2.75, 3.05) is 6.54 Å².